The van der Waals surface area contributed by atoms with Crippen LogP contribution in [0.2, 0.25) is 0 Å². The largest absolute Gasteiger partial charge is 0.464 e. The van der Waals surface area contributed by atoms with Gasteiger partial charge in [-0.3, -0.25) is 4.57 Å². The Hall–Kier alpha value is -1.37. The second-order valence-electron chi connectivity index (χ2n) is 2.43. The molecule has 0 aliphatic carbocycles. The molecule has 0 bridgehead atoms. The highest BCUT2D eigenvalue weighted by Gasteiger charge is 2.14. The van der Waals surface area contributed by atoms with E-state index >= 15 is 0 Å². The topological polar surface area (TPSA) is 145 Å². The van der Waals surface area contributed by atoms with Gasteiger partial charge in [-0.25, -0.2) is 0 Å². The van der Waals surface area contributed by atoms with Gasteiger partial charge in [-0.05, 0) is 0 Å². The van der Waals surface area contributed by atoms with Gasteiger partial charge in [0.25, 0.3) is 0 Å². The zero-order valence-electron chi connectivity index (χ0n) is 6.99. The molecular formula is C5H9N4O4P. The van der Waals surface area contributed by atoms with Crippen molar-refractivity contribution in [3.63, 3.8) is 0 Å². The van der Waals surface area contributed by atoms with E-state index in [1.807, 2.05) is 0 Å². The standard InChI is InChI=1S/C5H9N4O4P/c6-3-1-4(9-5(7)8-3)13-2-14(10,11)12/h1H,2H2,(H2,10,11,12)(H4,6,7,8,9). The Morgan fingerprint density at radius 2 is 2.07 bits per heavy atom. The van der Waals surface area contributed by atoms with E-state index in [4.69, 9.17) is 21.3 Å². The number of hydrogen-bond donors (Lipinski definition) is 4. The van der Waals surface area contributed by atoms with Crippen molar-refractivity contribution in [3.8, 4) is 5.88 Å². The fourth-order valence-electron chi connectivity index (χ4n) is 0.685. The minimum absolute atomic E-state index is 0.0678. The predicted octanol–water partition coefficient (Wildman–Crippen LogP) is -0.845. The number of rotatable bonds is 3. The molecular weight excluding hydrogens is 211 g/mol. The Labute approximate surface area is 79.1 Å². The van der Waals surface area contributed by atoms with Gasteiger partial charge in [-0.15, -0.1) is 0 Å². The first-order valence-electron chi connectivity index (χ1n) is 3.44. The molecule has 0 spiro atoms. The first-order chi connectivity index (χ1) is 6.37. The summed E-state index contributed by atoms with van der Waals surface area (Å²) in [6.45, 7) is 0. The van der Waals surface area contributed by atoms with E-state index in [0.717, 1.165) is 0 Å². The average Bonchev–Trinajstić information content (AvgIpc) is 1.97. The second-order valence-corrected chi connectivity index (χ2v) is 4.01. The minimum atomic E-state index is -4.23. The van der Waals surface area contributed by atoms with E-state index in [2.05, 4.69) is 14.7 Å². The molecule has 0 unspecified atom stereocenters. The number of hydrogen-bond acceptors (Lipinski definition) is 6. The first-order valence-corrected chi connectivity index (χ1v) is 5.24. The maximum absolute atomic E-state index is 10.4. The van der Waals surface area contributed by atoms with Crippen LogP contribution in [0, 0.1) is 0 Å². The SMILES string of the molecule is Nc1cc(OCP(=O)(O)O)nc(N)n1. The minimum Gasteiger partial charge on any atom is -0.464 e. The van der Waals surface area contributed by atoms with Gasteiger partial charge in [0.05, 0.1) is 0 Å². The summed E-state index contributed by atoms with van der Waals surface area (Å²) in [4.78, 5) is 24.1. The van der Waals surface area contributed by atoms with Crippen molar-refractivity contribution in [2.75, 3.05) is 17.8 Å². The van der Waals surface area contributed by atoms with Gasteiger partial charge in [-0.1, -0.05) is 0 Å². The highest BCUT2D eigenvalue weighted by atomic mass is 31.2. The van der Waals surface area contributed by atoms with Crippen LogP contribution in [0.1, 0.15) is 0 Å². The van der Waals surface area contributed by atoms with Gasteiger partial charge in [0.2, 0.25) is 11.8 Å². The Bertz CT molecular complexity index is 358. The third kappa shape index (κ3) is 3.56. The zero-order valence-corrected chi connectivity index (χ0v) is 7.89. The molecule has 1 rings (SSSR count). The van der Waals surface area contributed by atoms with E-state index in [-0.39, 0.29) is 17.6 Å². The lowest BCUT2D eigenvalue weighted by Crippen LogP contribution is -2.04. The molecule has 0 saturated carbocycles. The van der Waals surface area contributed by atoms with Crippen LogP contribution in [0.15, 0.2) is 6.07 Å². The monoisotopic (exact) mass is 220 g/mol. The van der Waals surface area contributed by atoms with Crippen molar-refractivity contribution in [1.82, 2.24) is 9.97 Å². The van der Waals surface area contributed by atoms with Crippen LogP contribution in [0.3, 0.4) is 0 Å². The van der Waals surface area contributed by atoms with Crippen LogP contribution >= 0.6 is 7.60 Å². The summed E-state index contributed by atoms with van der Waals surface area (Å²) in [5, 5.41) is 0. The molecule has 1 heterocycles. The Balaban J connectivity index is 2.73. The number of anilines is 2. The molecule has 0 aliphatic heterocycles. The molecule has 0 aromatic carbocycles. The molecule has 9 heteroatoms. The molecule has 0 aliphatic rings. The van der Waals surface area contributed by atoms with Crippen LogP contribution in [-0.2, 0) is 4.57 Å². The lowest BCUT2D eigenvalue weighted by atomic mass is 10.6. The average molecular weight is 220 g/mol. The Kier molecular flexibility index (Phi) is 2.90. The summed E-state index contributed by atoms with van der Waals surface area (Å²) in [6, 6.07) is 1.21. The lowest BCUT2D eigenvalue weighted by molar-refractivity contribution is 0.294. The predicted molar refractivity (Wildman–Crippen MR) is 48.4 cm³/mol. The van der Waals surface area contributed by atoms with E-state index in [9.17, 15) is 4.57 Å². The molecule has 1 aromatic rings. The van der Waals surface area contributed by atoms with Gasteiger partial charge >= 0.3 is 7.60 Å². The van der Waals surface area contributed by atoms with Crippen LogP contribution in [0.5, 0.6) is 5.88 Å². The molecule has 0 saturated heterocycles. The summed E-state index contributed by atoms with van der Waals surface area (Å²) < 4.78 is 15.1. The molecule has 78 valence electrons. The molecule has 14 heavy (non-hydrogen) atoms. The molecule has 1 aromatic heterocycles. The quantitative estimate of drug-likeness (QED) is 0.482. The fraction of sp³-hybridized carbons (Fsp3) is 0.200. The van der Waals surface area contributed by atoms with Crippen molar-refractivity contribution >= 4 is 19.4 Å². The van der Waals surface area contributed by atoms with Gasteiger partial charge < -0.3 is 26.0 Å². The van der Waals surface area contributed by atoms with Gasteiger partial charge in [0.15, 0.2) is 6.35 Å². The number of aromatic nitrogens is 2. The van der Waals surface area contributed by atoms with Crippen LogP contribution in [0.25, 0.3) is 0 Å². The van der Waals surface area contributed by atoms with Crippen molar-refractivity contribution in [3.05, 3.63) is 6.07 Å². The van der Waals surface area contributed by atoms with Crippen LogP contribution < -0.4 is 16.2 Å². The highest BCUT2D eigenvalue weighted by molar-refractivity contribution is 7.51. The Morgan fingerprint density at radius 1 is 1.43 bits per heavy atom. The molecule has 0 fully saturated rings. The van der Waals surface area contributed by atoms with Gasteiger partial charge in [-0.2, -0.15) is 9.97 Å². The van der Waals surface area contributed by atoms with Crippen molar-refractivity contribution in [2.45, 2.75) is 0 Å². The maximum Gasteiger partial charge on any atom is 0.362 e. The zero-order chi connectivity index (χ0) is 10.8. The molecule has 0 radical (unpaired) electrons. The third-order valence-electron chi connectivity index (χ3n) is 1.12. The first kappa shape index (κ1) is 10.7. The number of nitrogens with zero attached hydrogens (tertiary/aromatic N) is 2. The Morgan fingerprint density at radius 3 is 2.57 bits per heavy atom. The summed E-state index contributed by atoms with van der Waals surface area (Å²) >= 11 is 0. The van der Waals surface area contributed by atoms with E-state index in [0.29, 0.717) is 0 Å². The van der Waals surface area contributed by atoms with E-state index in [1.54, 1.807) is 0 Å². The molecule has 8 nitrogen and oxygen atoms in total. The summed E-state index contributed by atoms with van der Waals surface area (Å²) in [7, 11) is -4.23. The fourth-order valence-corrected chi connectivity index (χ4v) is 0.986. The highest BCUT2D eigenvalue weighted by Crippen LogP contribution is 2.34. The summed E-state index contributed by atoms with van der Waals surface area (Å²) in [5.74, 6) is -0.123. The third-order valence-corrected chi connectivity index (χ3v) is 1.59. The van der Waals surface area contributed by atoms with Crippen LogP contribution in [-0.4, -0.2) is 26.1 Å². The van der Waals surface area contributed by atoms with Gasteiger partial charge in [0.1, 0.15) is 5.82 Å². The van der Waals surface area contributed by atoms with Crippen LogP contribution in [0.4, 0.5) is 11.8 Å². The van der Waals surface area contributed by atoms with E-state index in [1.165, 1.54) is 6.07 Å². The number of nitrogens with two attached hydrogens (primary N) is 2. The van der Waals surface area contributed by atoms with Crippen molar-refractivity contribution in [1.29, 1.82) is 0 Å². The van der Waals surface area contributed by atoms with Crippen molar-refractivity contribution < 1.29 is 19.1 Å². The lowest BCUT2D eigenvalue weighted by Gasteiger charge is -2.06. The van der Waals surface area contributed by atoms with Gasteiger partial charge in [0, 0.05) is 6.07 Å². The summed E-state index contributed by atoms with van der Waals surface area (Å²) in [5.41, 5.74) is 10.5. The second kappa shape index (κ2) is 3.79. The summed E-state index contributed by atoms with van der Waals surface area (Å²) in [6.07, 6.45) is -0.775. The molecule has 6 N–H and O–H groups in total. The van der Waals surface area contributed by atoms with E-state index < -0.39 is 13.9 Å². The molecule has 0 amide bonds. The number of nitrogen functional groups attached to an aromatic ring is 2. The number of ether oxygens (including phenoxy) is 1. The van der Waals surface area contributed by atoms with Crippen molar-refractivity contribution in [2.24, 2.45) is 0 Å². The maximum atomic E-state index is 10.4. The molecule has 0 atom stereocenters. The smallest absolute Gasteiger partial charge is 0.362 e. The normalized spacial score (nSPS) is 11.3.